The highest BCUT2D eigenvalue weighted by Gasteiger charge is 2.38. The Morgan fingerprint density at radius 1 is 1.23 bits per heavy atom. The van der Waals surface area contributed by atoms with E-state index in [0.29, 0.717) is 26.3 Å². The van der Waals surface area contributed by atoms with Gasteiger partial charge in [-0.2, -0.15) is 13.2 Å². The maximum atomic E-state index is 12.8. The number of rotatable bonds is 2. The number of benzene rings is 1. The number of aryl methyl sites for hydroxylation is 2. The number of carbonyl (C=O) groups is 2. The first-order valence-electron chi connectivity index (χ1n) is 9.62. The average molecular weight is 432 g/mol. The molecule has 168 valence electrons. The molecule has 0 saturated carbocycles. The van der Waals surface area contributed by atoms with Gasteiger partial charge in [-0.15, -0.1) is 0 Å². The summed E-state index contributed by atoms with van der Waals surface area (Å²) in [7, 11) is 0. The van der Waals surface area contributed by atoms with Crippen LogP contribution >= 0.6 is 0 Å². The molecule has 7 nitrogen and oxygen atoms in total. The highest BCUT2D eigenvalue weighted by molar-refractivity contribution is 5.81. The summed E-state index contributed by atoms with van der Waals surface area (Å²) in [4.78, 5) is 23.6. The molecule has 2 heterocycles. The molecule has 1 aromatic carbocycles. The number of aliphatic carboxylic acids is 1. The molecular formula is C20H27F3N2O5. The van der Waals surface area contributed by atoms with Gasteiger partial charge in [-0.05, 0) is 31.9 Å². The molecule has 1 aromatic rings. The molecule has 0 bridgehead atoms. The minimum Gasteiger partial charge on any atom is -0.475 e. The maximum absolute atomic E-state index is 12.8. The number of carbonyl (C=O) groups excluding carboxylic acids is 1. The van der Waals surface area contributed by atoms with Crippen molar-refractivity contribution < 1.29 is 37.3 Å². The highest BCUT2D eigenvalue weighted by atomic mass is 19.4. The van der Waals surface area contributed by atoms with E-state index in [9.17, 15) is 18.0 Å². The lowest BCUT2D eigenvalue weighted by molar-refractivity contribution is -0.192. The number of nitrogens with zero attached hydrogens (tertiary/aromatic N) is 1. The van der Waals surface area contributed by atoms with Crippen molar-refractivity contribution in [3.8, 4) is 0 Å². The number of amides is 1. The molecule has 0 spiro atoms. The highest BCUT2D eigenvalue weighted by Crippen LogP contribution is 2.28. The van der Waals surface area contributed by atoms with Crippen LogP contribution in [0.4, 0.5) is 13.2 Å². The second kappa shape index (κ2) is 10.2. The number of ether oxygens (including phenoxy) is 2. The maximum Gasteiger partial charge on any atom is 0.490 e. The predicted molar refractivity (Wildman–Crippen MR) is 102 cm³/mol. The van der Waals surface area contributed by atoms with Crippen molar-refractivity contribution >= 4 is 11.9 Å². The van der Waals surface area contributed by atoms with Crippen LogP contribution < -0.4 is 5.32 Å². The Morgan fingerprint density at radius 2 is 1.90 bits per heavy atom. The third kappa shape index (κ3) is 6.41. The summed E-state index contributed by atoms with van der Waals surface area (Å²) in [5.74, 6) is -2.68. The number of nitrogens with one attached hydrogen (secondary N) is 1. The molecule has 2 aliphatic heterocycles. The second-order valence-corrected chi connectivity index (χ2v) is 7.39. The van der Waals surface area contributed by atoms with Crippen LogP contribution in [0.2, 0.25) is 0 Å². The van der Waals surface area contributed by atoms with Crippen molar-refractivity contribution in [2.24, 2.45) is 0 Å². The number of alkyl halides is 3. The molecular weight excluding hydrogens is 405 g/mol. The number of carboxylic acids is 1. The normalized spacial score (nSPS) is 24.6. The summed E-state index contributed by atoms with van der Waals surface area (Å²) in [5.41, 5.74) is 3.60. The van der Waals surface area contributed by atoms with E-state index in [-0.39, 0.29) is 24.2 Å². The van der Waals surface area contributed by atoms with Gasteiger partial charge in [0, 0.05) is 13.1 Å². The number of hydrogen-bond acceptors (Lipinski definition) is 5. The van der Waals surface area contributed by atoms with E-state index in [1.807, 2.05) is 11.8 Å². The van der Waals surface area contributed by atoms with Crippen LogP contribution in [0.15, 0.2) is 18.2 Å². The van der Waals surface area contributed by atoms with E-state index in [0.717, 1.165) is 6.54 Å². The lowest BCUT2D eigenvalue weighted by Crippen LogP contribution is -2.55. The third-order valence-corrected chi connectivity index (χ3v) is 4.94. The molecule has 0 aromatic heterocycles. The van der Waals surface area contributed by atoms with Gasteiger partial charge in [-0.25, -0.2) is 4.79 Å². The van der Waals surface area contributed by atoms with Gasteiger partial charge in [0.1, 0.15) is 12.2 Å². The van der Waals surface area contributed by atoms with Gasteiger partial charge in [-0.1, -0.05) is 23.8 Å². The fourth-order valence-corrected chi connectivity index (χ4v) is 3.27. The van der Waals surface area contributed by atoms with Crippen molar-refractivity contribution in [2.45, 2.75) is 45.2 Å². The van der Waals surface area contributed by atoms with E-state index in [4.69, 9.17) is 19.4 Å². The van der Waals surface area contributed by atoms with Crippen molar-refractivity contribution in [2.75, 3.05) is 32.8 Å². The van der Waals surface area contributed by atoms with E-state index >= 15 is 0 Å². The Bertz CT molecular complexity index is 750. The second-order valence-electron chi connectivity index (χ2n) is 7.39. The molecule has 0 aliphatic carbocycles. The lowest BCUT2D eigenvalue weighted by atomic mass is 9.98. The molecule has 3 atom stereocenters. The summed E-state index contributed by atoms with van der Waals surface area (Å²) in [6, 6.07) is 6.47. The van der Waals surface area contributed by atoms with Crippen LogP contribution in [0, 0.1) is 13.8 Å². The fourth-order valence-electron chi connectivity index (χ4n) is 3.27. The summed E-state index contributed by atoms with van der Waals surface area (Å²) < 4.78 is 43.4. The number of halogens is 3. The molecule has 1 amide bonds. The van der Waals surface area contributed by atoms with Crippen LogP contribution in [-0.2, 0) is 19.1 Å². The van der Waals surface area contributed by atoms with E-state index in [1.54, 1.807) is 0 Å². The van der Waals surface area contributed by atoms with Gasteiger partial charge >= 0.3 is 12.1 Å². The first-order valence-corrected chi connectivity index (χ1v) is 9.62. The Hall–Kier alpha value is -2.17. The number of morpholine rings is 2. The molecule has 2 N–H and O–H groups in total. The average Bonchev–Trinajstić information content (AvgIpc) is 2.70. The summed E-state index contributed by atoms with van der Waals surface area (Å²) in [5, 5.41) is 10.4. The standard InChI is InChI=1S/C18H26N2O3.C2HF3O2/c1-12-4-5-13(2)15(8-12)17-10-20(14(3)11-23-17)18(21)16-9-19-6-7-22-16;3-2(4,5)1(6)7/h4-5,8,14,16-17,19H,6-7,9-11H2,1-3H3;(H,6,7). The lowest BCUT2D eigenvalue weighted by Gasteiger charge is -2.40. The van der Waals surface area contributed by atoms with Crippen LogP contribution in [0.1, 0.15) is 29.7 Å². The van der Waals surface area contributed by atoms with E-state index < -0.39 is 12.1 Å². The molecule has 2 fully saturated rings. The zero-order valence-corrected chi connectivity index (χ0v) is 17.2. The van der Waals surface area contributed by atoms with Crippen molar-refractivity contribution in [1.82, 2.24) is 10.2 Å². The molecule has 3 unspecified atom stereocenters. The van der Waals surface area contributed by atoms with Gasteiger partial charge in [-0.3, -0.25) is 4.79 Å². The number of carboxylic acid groups (broad SMARTS) is 1. The van der Waals surface area contributed by atoms with Gasteiger partial charge in [0.15, 0.2) is 0 Å². The molecule has 10 heteroatoms. The molecule has 0 radical (unpaired) electrons. The largest absolute Gasteiger partial charge is 0.490 e. The minimum atomic E-state index is -5.08. The smallest absolute Gasteiger partial charge is 0.475 e. The Labute approximate surface area is 173 Å². The molecule has 2 saturated heterocycles. The predicted octanol–water partition coefficient (Wildman–Crippen LogP) is 2.21. The third-order valence-electron chi connectivity index (χ3n) is 4.94. The quantitative estimate of drug-likeness (QED) is 0.745. The minimum absolute atomic E-state index is 0.0633. The molecule has 30 heavy (non-hydrogen) atoms. The van der Waals surface area contributed by atoms with Crippen LogP contribution in [0.25, 0.3) is 0 Å². The monoisotopic (exact) mass is 432 g/mol. The van der Waals surface area contributed by atoms with Gasteiger partial charge in [0.05, 0.1) is 25.8 Å². The first-order chi connectivity index (χ1) is 14.0. The summed E-state index contributed by atoms with van der Waals surface area (Å²) >= 11 is 0. The van der Waals surface area contributed by atoms with E-state index in [2.05, 4.69) is 37.4 Å². The Morgan fingerprint density at radius 3 is 2.47 bits per heavy atom. The van der Waals surface area contributed by atoms with Gasteiger partial charge in [0.25, 0.3) is 5.91 Å². The Balaban J connectivity index is 0.000000396. The van der Waals surface area contributed by atoms with Gasteiger partial charge in [0.2, 0.25) is 0 Å². The van der Waals surface area contributed by atoms with Gasteiger partial charge < -0.3 is 24.8 Å². The number of hydrogen-bond donors (Lipinski definition) is 2. The zero-order chi connectivity index (χ0) is 22.5. The first kappa shape index (κ1) is 24.1. The molecule has 3 rings (SSSR count). The summed E-state index contributed by atoms with van der Waals surface area (Å²) in [6.45, 7) is 9.36. The zero-order valence-electron chi connectivity index (χ0n) is 17.2. The van der Waals surface area contributed by atoms with Crippen LogP contribution in [0.3, 0.4) is 0 Å². The summed E-state index contributed by atoms with van der Waals surface area (Å²) in [6.07, 6.45) is -5.52. The Kier molecular flexibility index (Phi) is 8.22. The van der Waals surface area contributed by atoms with Crippen molar-refractivity contribution in [1.29, 1.82) is 0 Å². The molecule has 2 aliphatic rings. The fraction of sp³-hybridized carbons (Fsp3) is 0.600. The van der Waals surface area contributed by atoms with Crippen LogP contribution in [-0.4, -0.2) is 73.1 Å². The van der Waals surface area contributed by atoms with Crippen molar-refractivity contribution in [3.63, 3.8) is 0 Å². The topological polar surface area (TPSA) is 88.1 Å². The SMILES string of the molecule is Cc1ccc(C)c(C2CN(C(=O)C3CNCCO3)C(C)CO2)c1.O=C(O)C(F)(F)F. The van der Waals surface area contributed by atoms with Crippen molar-refractivity contribution in [3.05, 3.63) is 34.9 Å². The van der Waals surface area contributed by atoms with Crippen LogP contribution in [0.5, 0.6) is 0 Å². The van der Waals surface area contributed by atoms with E-state index in [1.165, 1.54) is 16.7 Å².